The predicted octanol–water partition coefficient (Wildman–Crippen LogP) is 5.94. The highest BCUT2D eigenvalue weighted by molar-refractivity contribution is 5.95. The average molecular weight is 501 g/mol. The summed E-state index contributed by atoms with van der Waals surface area (Å²) >= 11 is 0. The number of furan rings is 1. The van der Waals surface area contributed by atoms with Crippen LogP contribution in [0.15, 0.2) is 59.2 Å². The molecule has 0 atom stereocenters. The molecule has 1 saturated heterocycles. The Morgan fingerprint density at radius 2 is 1.81 bits per heavy atom. The third kappa shape index (κ3) is 6.68. The predicted molar refractivity (Wildman–Crippen MR) is 149 cm³/mol. The molecule has 2 aromatic heterocycles. The van der Waals surface area contributed by atoms with Crippen molar-refractivity contribution in [2.75, 3.05) is 24.1 Å². The van der Waals surface area contributed by atoms with E-state index in [0.29, 0.717) is 12.5 Å². The lowest BCUT2D eigenvalue weighted by molar-refractivity contribution is -0.105. The number of carbonyl (C=O) groups is 1. The summed E-state index contributed by atoms with van der Waals surface area (Å²) in [7, 11) is 0. The molecule has 0 spiro atoms. The summed E-state index contributed by atoms with van der Waals surface area (Å²) in [5.74, 6) is 2.03. The number of likely N-dealkylation sites (tertiary alicyclic amines) is 1. The van der Waals surface area contributed by atoms with Crippen molar-refractivity contribution in [2.24, 2.45) is 0 Å². The van der Waals surface area contributed by atoms with E-state index in [4.69, 9.17) is 14.9 Å². The van der Waals surface area contributed by atoms with Crippen LogP contribution in [0.2, 0.25) is 0 Å². The SMILES string of the molecule is Cc1ccc(OC2CCN(Cc3ccoc3C)CC2)cc1.Cc1nc2ccc(NC=O)cc2c(N)c1C. The molecular weight excluding hydrogens is 464 g/mol. The Morgan fingerprint density at radius 1 is 1.08 bits per heavy atom. The first-order chi connectivity index (χ1) is 17.8. The minimum absolute atomic E-state index is 0.342. The Hall–Kier alpha value is -3.84. The van der Waals surface area contributed by atoms with Gasteiger partial charge >= 0.3 is 0 Å². The molecule has 0 aliphatic carbocycles. The molecule has 4 aromatic rings. The van der Waals surface area contributed by atoms with Gasteiger partial charge < -0.3 is 20.2 Å². The second-order valence-corrected chi connectivity index (χ2v) is 9.64. The van der Waals surface area contributed by atoms with Gasteiger partial charge in [0.25, 0.3) is 0 Å². The zero-order valence-corrected chi connectivity index (χ0v) is 22.1. The third-order valence-corrected chi connectivity index (χ3v) is 6.97. The Kier molecular flexibility index (Phi) is 8.46. The Labute approximate surface area is 218 Å². The summed E-state index contributed by atoms with van der Waals surface area (Å²) in [6, 6.07) is 15.9. The van der Waals surface area contributed by atoms with E-state index in [1.54, 1.807) is 12.3 Å². The second-order valence-electron chi connectivity index (χ2n) is 9.64. The monoisotopic (exact) mass is 500 g/mol. The van der Waals surface area contributed by atoms with Gasteiger partial charge in [-0.1, -0.05) is 17.7 Å². The molecule has 5 rings (SSSR count). The Balaban J connectivity index is 0.000000180. The van der Waals surface area contributed by atoms with Crippen molar-refractivity contribution in [3.63, 3.8) is 0 Å². The number of nitrogens with zero attached hydrogens (tertiary/aromatic N) is 2. The van der Waals surface area contributed by atoms with Crippen molar-refractivity contribution in [1.82, 2.24) is 9.88 Å². The Morgan fingerprint density at radius 3 is 2.46 bits per heavy atom. The highest BCUT2D eigenvalue weighted by atomic mass is 16.5. The molecule has 7 heteroatoms. The lowest BCUT2D eigenvalue weighted by atomic mass is 10.1. The van der Waals surface area contributed by atoms with Crippen LogP contribution in [0.4, 0.5) is 11.4 Å². The maximum atomic E-state index is 10.4. The van der Waals surface area contributed by atoms with Crippen LogP contribution in [-0.4, -0.2) is 35.5 Å². The fraction of sp³-hybridized carbons (Fsp3) is 0.333. The maximum Gasteiger partial charge on any atom is 0.211 e. The van der Waals surface area contributed by atoms with Crippen molar-refractivity contribution >= 4 is 28.7 Å². The van der Waals surface area contributed by atoms with E-state index in [0.717, 1.165) is 77.5 Å². The van der Waals surface area contributed by atoms with Crippen LogP contribution in [-0.2, 0) is 11.3 Å². The van der Waals surface area contributed by atoms with Crippen LogP contribution in [0.1, 0.15) is 41.0 Å². The lowest BCUT2D eigenvalue weighted by Crippen LogP contribution is -2.37. The molecule has 0 bridgehead atoms. The van der Waals surface area contributed by atoms with Gasteiger partial charge in [-0.05, 0) is 82.5 Å². The fourth-order valence-electron chi connectivity index (χ4n) is 4.48. The van der Waals surface area contributed by atoms with Crippen LogP contribution in [0, 0.1) is 27.7 Å². The van der Waals surface area contributed by atoms with Crippen molar-refractivity contribution in [1.29, 1.82) is 0 Å². The van der Waals surface area contributed by atoms with E-state index in [1.807, 2.05) is 32.9 Å². The average Bonchev–Trinajstić information content (AvgIpc) is 3.30. The summed E-state index contributed by atoms with van der Waals surface area (Å²) < 4.78 is 11.4. The van der Waals surface area contributed by atoms with Crippen molar-refractivity contribution in [2.45, 2.75) is 53.2 Å². The van der Waals surface area contributed by atoms with E-state index in [-0.39, 0.29) is 0 Å². The number of anilines is 2. The van der Waals surface area contributed by atoms with Gasteiger partial charge in [0.05, 0.1) is 11.8 Å². The molecule has 1 amide bonds. The standard InChI is InChI=1S/C18H23NO2.C12H13N3O/c1-14-3-5-17(6-4-14)21-18-7-10-19(11-8-18)13-16-9-12-20-15(16)2;1-7-8(2)15-11-4-3-9(14-6-16)5-10(11)12(7)13/h3-6,9,12,18H,7-8,10-11,13H2,1-2H3;3-6H,1-2H3,(H2,13,15)(H,14,16). The van der Waals surface area contributed by atoms with Gasteiger partial charge in [0, 0.05) is 47.7 Å². The highest BCUT2D eigenvalue weighted by Gasteiger charge is 2.21. The topological polar surface area (TPSA) is 93.6 Å². The van der Waals surface area contributed by atoms with Gasteiger partial charge in [-0.15, -0.1) is 0 Å². The van der Waals surface area contributed by atoms with Crippen molar-refractivity contribution in [3.8, 4) is 5.75 Å². The molecule has 1 aliphatic heterocycles. The van der Waals surface area contributed by atoms with Crippen LogP contribution >= 0.6 is 0 Å². The summed E-state index contributed by atoms with van der Waals surface area (Å²) in [5.41, 5.74) is 12.8. The van der Waals surface area contributed by atoms with E-state index in [1.165, 1.54) is 11.1 Å². The third-order valence-electron chi connectivity index (χ3n) is 6.97. The summed E-state index contributed by atoms with van der Waals surface area (Å²) in [6.45, 7) is 11.2. The smallest absolute Gasteiger partial charge is 0.211 e. The molecular formula is C30H36N4O3. The van der Waals surface area contributed by atoms with Gasteiger partial charge in [0.1, 0.15) is 17.6 Å². The molecule has 0 unspecified atom stereocenters. The summed E-state index contributed by atoms with van der Waals surface area (Å²) in [5, 5.41) is 3.47. The molecule has 0 saturated carbocycles. The highest BCUT2D eigenvalue weighted by Crippen LogP contribution is 2.27. The zero-order chi connectivity index (χ0) is 26.4. The molecule has 7 nitrogen and oxygen atoms in total. The number of nitrogens with one attached hydrogen (secondary N) is 1. The first kappa shape index (κ1) is 26.2. The van der Waals surface area contributed by atoms with Crippen LogP contribution < -0.4 is 15.8 Å². The van der Waals surface area contributed by atoms with E-state index in [9.17, 15) is 4.79 Å². The molecule has 0 radical (unpaired) electrons. The number of aryl methyl sites for hydroxylation is 3. The molecule has 2 aromatic carbocycles. The van der Waals surface area contributed by atoms with Crippen molar-refractivity contribution < 1.29 is 13.9 Å². The van der Waals surface area contributed by atoms with Crippen LogP contribution in [0.3, 0.4) is 0 Å². The van der Waals surface area contributed by atoms with E-state index in [2.05, 4.69) is 52.5 Å². The van der Waals surface area contributed by atoms with Crippen LogP contribution in [0.5, 0.6) is 5.75 Å². The zero-order valence-electron chi connectivity index (χ0n) is 22.1. The number of rotatable bonds is 6. The van der Waals surface area contributed by atoms with Gasteiger partial charge in [-0.3, -0.25) is 14.7 Å². The number of hydrogen-bond acceptors (Lipinski definition) is 6. The number of piperidine rings is 1. The quantitative estimate of drug-likeness (QED) is 0.318. The molecule has 1 fully saturated rings. The lowest BCUT2D eigenvalue weighted by Gasteiger charge is -2.32. The number of aromatic nitrogens is 1. The number of nitrogen functional groups attached to an aromatic ring is 1. The molecule has 3 heterocycles. The molecule has 3 N–H and O–H groups in total. The first-order valence-electron chi connectivity index (χ1n) is 12.7. The first-order valence-corrected chi connectivity index (χ1v) is 12.7. The van der Waals surface area contributed by atoms with Crippen LogP contribution in [0.25, 0.3) is 10.9 Å². The minimum Gasteiger partial charge on any atom is -0.490 e. The van der Waals surface area contributed by atoms with Gasteiger partial charge in [0.2, 0.25) is 6.41 Å². The number of amides is 1. The minimum atomic E-state index is 0.342. The molecule has 37 heavy (non-hydrogen) atoms. The number of nitrogens with two attached hydrogens (primary N) is 1. The van der Waals surface area contributed by atoms with E-state index < -0.39 is 0 Å². The molecule has 1 aliphatic rings. The molecule has 194 valence electrons. The van der Waals surface area contributed by atoms with Gasteiger partial charge in [-0.25, -0.2) is 0 Å². The number of benzene rings is 2. The van der Waals surface area contributed by atoms with Gasteiger partial charge in [-0.2, -0.15) is 0 Å². The van der Waals surface area contributed by atoms with E-state index >= 15 is 0 Å². The maximum absolute atomic E-state index is 10.4. The number of carbonyl (C=O) groups excluding carboxylic acids is 1. The number of hydrogen-bond donors (Lipinski definition) is 2. The normalized spacial score (nSPS) is 14.2. The summed E-state index contributed by atoms with van der Waals surface area (Å²) in [4.78, 5) is 17.3. The van der Waals surface area contributed by atoms with Gasteiger partial charge in [0.15, 0.2) is 0 Å². The largest absolute Gasteiger partial charge is 0.490 e. The number of pyridine rings is 1. The summed E-state index contributed by atoms with van der Waals surface area (Å²) in [6.07, 6.45) is 4.94. The second kappa shape index (κ2) is 11.9. The number of fused-ring (bicyclic) bond motifs is 1. The fourth-order valence-corrected chi connectivity index (χ4v) is 4.48. The van der Waals surface area contributed by atoms with Crippen molar-refractivity contribution in [3.05, 3.63) is 82.9 Å². The number of ether oxygens (including phenoxy) is 1. The Bertz CT molecular complexity index is 1340.